The van der Waals surface area contributed by atoms with E-state index in [0.717, 1.165) is 34.6 Å². The van der Waals surface area contributed by atoms with Crippen LogP contribution in [0.1, 0.15) is 27.3 Å². The van der Waals surface area contributed by atoms with E-state index in [4.69, 9.17) is 0 Å². The van der Waals surface area contributed by atoms with E-state index in [1.54, 1.807) is 4.68 Å². The Morgan fingerprint density at radius 1 is 0.938 bits per heavy atom. The van der Waals surface area contributed by atoms with Gasteiger partial charge in [0.1, 0.15) is 0 Å². The zero-order valence-electron chi connectivity index (χ0n) is 18.7. The molecule has 4 aromatic rings. The Hall–Kier alpha value is -3.70. The van der Waals surface area contributed by atoms with Crippen molar-refractivity contribution >= 4 is 5.91 Å². The minimum atomic E-state index is -0.182. The van der Waals surface area contributed by atoms with E-state index in [9.17, 15) is 4.79 Å². The predicted octanol–water partition coefficient (Wildman–Crippen LogP) is 4.84. The maximum Gasteiger partial charge on any atom is 0.272 e. The molecule has 0 saturated carbocycles. The highest BCUT2D eigenvalue weighted by molar-refractivity contribution is 5.92. The minimum Gasteiger partial charge on any atom is -0.347 e. The zero-order chi connectivity index (χ0) is 22.5. The van der Waals surface area contributed by atoms with Crippen LogP contribution in [0, 0.1) is 6.92 Å². The van der Waals surface area contributed by atoms with Crippen LogP contribution in [0.15, 0.2) is 84.9 Å². The second-order valence-corrected chi connectivity index (χ2v) is 8.19. The van der Waals surface area contributed by atoms with E-state index in [1.165, 1.54) is 5.56 Å². The fraction of sp³-hybridized carbons (Fsp3) is 0.185. The number of amides is 1. The molecule has 0 aliphatic carbocycles. The third-order valence-corrected chi connectivity index (χ3v) is 5.34. The topological polar surface area (TPSA) is 50.2 Å². The Morgan fingerprint density at radius 2 is 1.62 bits per heavy atom. The van der Waals surface area contributed by atoms with Crippen molar-refractivity contribution in [1.82, 2.24) is 20.0 Å². The van der Waals surface area contributed by atoms with Crippen molar-refractivity contribution in [3.8, 4) is 16.8 Å². The summed E-state index contributed by atoms with van der Waals surface area (Å²) in [4.78, 5) is 15.0. The molecule has 3 aromatic carbocycles. The van der Waals surface area contributed by atoms with Crippen LogP contribution >= 0.6 is 0 Å². The molecule has 0 bridgehead atoms. The van der Waals surface area contributed by atoms with Gasteiger partial charge in [0.05, 0.1) is 5.69 Å². The fourth-order valence-electron chi connectivity index (χ4n) is 3.79. The first-order valence-corrected chi connectivity index (χ1v) is 10.7. The largest absolute Gasteiger partial charge is 0.347 e. The smallest absolute Gasteiger partial charge is 0.272 e. The molecular formula is C27H28N4O. The van der Waals surface area contributed by atoms with Gasteiger partial charge >= 0.3 is 0 Å². The number of carbonyl (C=O) groups is 1. The number of hydrogen-bond acceptors (Lipinski definition) is 3. The third-order valence-electron chi connectivity index (χ3n) is 5.34. The number of hydrogen-bond donors (Lipinski definition) is 1. The van der Waals surface area contributed by atoms with Gasteiger partial charge in [-0.1, -0.05) is 66.7 Å². The molecule has 0 saturated heterocycles. The van der Waals surface area contributed by atoms with Crippen molar-refractivity contribution in [2.24, 2.45) is 0 Å². The van der Waals surface area contributed by atoms with E-state index >= 15 is 0 Å². The monoisotopic (exact) mass is 424 g/mol. The lowest BCUT2D eigenvalue weighted by molar-refractivity contribution is 0.0945. The van der Waals surface area contributed by atoms with Crippen LogP contribution in [0.25, 0.3) is 16.8 Å². The van der Waals surface area contributed by atoms with Crippen molar-refractivity contribution in [3.05, 3.63) is 107 Å². The number of nitrogens with one attached hydrogen (secondary N) is 1. The molecule has 0 atom stereocenters. The molecule has 162 valence electrons. The molecule has 0 spiro atoms. The van der Waals surface area contributed by atoms with Gasteiger partial charge in [0.15, 0.2) is 5.69 Å². The lowest BCUT2D eigenvalue weighted by Crippen LogP contribution is -2.23. The molecule has 0 aliphatic rings. The standard InChI is InChI=1S/C27H28N4O/c1-20-17-26(29-31(20)24-10-5-4-6-11-24)27(32)28-18-23-9-7-8-12-25(23)22-15-13-21(14-16-22)19-30(2)3/h4-17H,18-19H2,1-3H3,(H,28,32). The number of carbonyl (C=O) groups excluding carboxylic acids is 1. The van der Waals surface area contributed by atoms with Crippen LogP contribution in [-0.4, -0.2) is 34.7 Å². The van der Waals surface area contributed by atoms with E-state index in [2.05, 4.69) is 65.8 Å². The van der Waals surface area contributed by atoms with Crippen molar-refractivity contribution in [2.45, 2.75) is 20.0 Å². The molecule has 32 heavy (non-hydrogen) atoms. The van der Waals surface area contributed by atoms with Crippen LogP contribution in [-0.2, 0) is 13.1 Å². The number of aryl methyl sites for hydroxylation is 1. The number of benzene rings is 3. The molecule has 0 aliphatic heterocycles. The molecule has 1 N–H and O–H groups in total. The summed E-state index contributed by atoms with van der Waals surface area (Å²) in [6.45, 7) is 3.30. The molecule has 0 radical (unpaired) electrons. The van der Waals surface area contributed by atoms with E-state index in [-0.39, 0.29) is 5.91 Å². The van der Waals surface area contributed by atoms with Crippen LogP contribution in [0.3, 0.4) is 0 Å². The third kappa shape index (κ3) is 4.95. The maximum atomic E-state index is 12.8. The average Bonchev–Trinajstić information content (AvgIpc) is 3.20. The Labute approximate surface area is 189 Å². The molecule has 1 heterocycles. The van der Waals surface area contributed by atoms with Gasteiger partial charge in [-0.2, -0.15) is 5.10 Å². The summed E-state index contributed by atoms with van der Waals surface area (Å²) in [5, 5.41) is 7.54. The Bertz CT molecular complexity index is 1190. The van der Waals surface area contributed by atoms with Crippen LogP contribution in [0.2, 0.25) is 0 Å². The fourth-order valence-corrected chi connectivity index (χ4v) is 3.79. The minimum absolute atomic E-state index is 0.182. The average molecular weight is 425 g/mol. The predicted molar refractivity (Wildman–Crippen MR) is 129 cm³/mol. The van der Waals surface area contributed by atoms with E-state index in [0.29, 0.717) is 12.2 Å². The molecule has 0 unspecified atom stereocenters. The normalized spacial score (nSPS) is 11.0. The molecule has 1 aromatic heterocycles. The van der Waals surface area contributed by atoms with Crippen LogP contribution < -0.4 is 5.32 Å². The number of rotatable bonds is 7. The first-order chi connectivity index (χ1) is 15.5. The van der Waals surface area contributed by atoms with E-state index < -0.39 is 0 Å². The highest BCUT2D eigenvalue weighted by Crippen LogP contribution is 2.24. The van der Waals surface area contributed by atoms with Crippen molar-refractivity contribution in [2.75, 3.05) is 14.1 Å². The highest BCUT2D eigenvalue weighted by atomic mass is 16.1. The van der Waals surface area contributed by atoms with Gasteiger partial charge < -0.3 is 10.2 Å². The van der Waals surface area contributed by atoms with Crippen LogP contribution in [0.5, 0.6) is 0 Å². The second-order valence-electron chi connectivity index (χ2n) is 8.19. The van der Waals surface area contributed by atoms with Gasteiger partial charge in [0.25, 0.3) is 5.91 Å². The zero-order valence-corrected chi connectivity index (χ0v) is 18.7. The summed E-state index contributed by atoms with van der Waals surface area (Å²) in [7, 11) is 4.13. The SMILES string of the molecule is Cc1cc(C(=O)NCc2ccccc2-c2ccc(CN(C)C)cc2)nn1-c1ccccc1. The summed E-state index contributed by atoms with van der Waals surface area (Å²) in [6.07, 6.45) is 0. The number of aromatic nitrogens is 2. The summed E-state index contributed by atoms with van der Waals surface area (Å²) < 4.78 is 1.79. The lowest BCUT2D eigenvalue weighted by atomic mass is 9.98. The van der Waals surface area contributed by atoms with Gasteiger partial charge in [-0.15, -0.1) is 0 Å². The summed E-state index contributed by atoms with van der Waals surface area (Å²) in [6, 6.07) is 28.4. The lowest BCUT2D eigenvalue weighted by Gasteiger charge is -2.13. The molecular weight excluding hydrogens is 396 g/mol. The Morgan fingerprint density at radius 3 is 2.34 bits per heavy atom. The van der Waals surface area contributed by atoms with Gasteiger partial charge in [0.2, 0.25) is 0 Å². The van der Waals surface area contributed by atoms with Gasteiger partial charge in [-0.3, -0.25) is 4.79 Å². The Balaban J connectivity index is 1.49. The molecule has 5 nitrogen and oxygen atoms in total. The maximum absolute atomic E-state index is 12.8. The molecule has 5 heteroatoms. The van der Waals surface area contributed by atoms with Crippen LogP contribution in [0.4, 0.5) is 0 Å². The van der Waals surface area contributed by atoms with Gasteiger partial charge in [0, 0.05) is 18.8 Å². The Kier molecular flexibility index (Phi) is 6.47. The van der Waals surface area contributed by atoms with Crippen molar-refractivity contribution < 1.29 is 4.79 Å². The van der Waals surface area contributed by atoms with E-state index in [1.807, 2.05) is 55.5 Å². The first-order valence-electron chi connectivity index (χ1n) is 10.7. The van der Waals surface area contributed by atoms with Gasteiger partial charge in [-0.05, 0) is 61.5 Å². The van der Waals surface area contributed by atoms with Crippen molar-refractivity contribution in [1.29, 1.82) is 0 Å². The van der Waals surface area contributed by atoms with Crippen molar-refractivity contribution in [3.63, 3.8) is 0 Å². The first kappa shape index (κ1) is 21.5. The van der Waals surface area contributed by atoms with Gasteiger partial charge in [-0.25, -0.2) is 4.68 Å². The molecule has 4 rings (SSSR count). The summed E-state index contributed by atoms with van der Waals surface area (Å²) in [5.41, 5.74) is 6.87. The number of para-hydroxylation sites is 1. The highest BCUT2D eigenvalue weighted by Gasteiger charge is 2.14. The summed E-state index contributed by atoms with van der Waals surface area (Å²) >= 11 is 0. The summed E-state index contributed by atoms with van der Waals surface area (Å²) in [5.74, 6) is -0.182. The second kappa shape index (κ2) is 9.62. The number of nitrogens with zero attached hydrogens (tertiary/aromatic N) is 3. The molecule has 0 fully saturated rings. The quantitative estimate of drug-likeness (QED) is 0.462. The molecule has 1 amide bonds.